The van der Waals surface area contributed by atoms with Crippen LogP contribution in [0, 0.1) is 0 Å². The van der Waals surface area contributed by atoms with Gasteiger partial charge in [-0.15, -0.1) is 9.46 Å². The van der Waals surface area contributed by atoms with Crippen LogP contribution in [0.25, 0.3) is 0 Å². The van der Waals surface area contributed by atoms with Crippen LogP contribution in [0.1, 0.15) is 44.9 Å². The van der Waals surface area contributed by atoms with E-state index in [0.717, 1.165) is 20.6 Å². The van der Waals surface area contributed by atoms with Gasteiger partial charge in [-0.3, -0.25) is 14.4 Å². The van der Waals surface area contributed by atoms with E-state index in [2.05, 4.69) is 0 Å². The maximum atomic E-state index is 12.1. The van der Waals surface area contributed by atoms with Crippen molar-refractivity contribution >= 4 is 11.8 Å². The highest BCUT2D eigenvalue weighted by molar-refractivity contribution is 5.94. The third-order valence-electron chi connectivity index (χ3n) is 5.34. The Kier molecular flexibility index (Phi) is 10.8. The second-order valence-corrected chi connectivity index (χ2v) is 8.23. The zero-order valence-corrected chi connectivity index (χ0v) is 21.1. The number of ketones is 1. The predicted octanol–water partition coefficient (Wildman–Crippen LogP) is 2.57. The summed E-state index contributed by atoms with van der Waals surface area (Å²) in [4.78, 5) is 57.2. The topological polar surface area (TPSA) is 143 Å². The van der Waals surface area contributed by atoms with E-state index < -0.39 is 11.5 Å². The van der Waals surface area contributed by atoms with Gasteiger partial charge in [0.25, 0.3) is 11.1 Å². The summed E-state index contributed by atoms with van der Waals surface area (Å²) in [6, 6.07) is 27.1. The first-order valence-corrected chi connectivity index (χ1v) is 12.2. The minimum atomic E-state index is -1.21. The number of carboxylic acids is 1. The van der Waals surface area contributed by atoms with Crippen molar-refractivity contribution in [2.45, 2.75) is 26.1 Å². The number of pyridine rings is 2. The highest BCUT2D eigenvalue weighted by atomic mass is 16.7. The molecular formula is C29H29N3O7. The summed E-state index contributed by atoms with van der Waals surface area (Å²) in [6.45, 7) is 0.792. The lowest BCUT2D eigenvalue weighted by atomic mass is 10.1. The maximum absolute atomic E-state index is 12.1. The lowest BCUT2D eigenvalue weighted by Crippen LogP contribution is -2.31. The van der Waals surface area contributed by atoms with E-state index in [1.165, 1.54) is 24.3 Å². The van der Waals surface area contributed by atoms with E-state index in [1.807, 2.05) is 60.7 Å². The zero-order valence-electron chi connectivity index (χ0n) is 21.1. The van der Waals surface area contributed by atoms with Crippen LogP contribution in [0.3, 0.4) is 0 Å². The van der Waals surface area contributed by atoms with Crippen molar-refractivity contribution < 1.29 is 24.4 Å². The van der Waals surface area contributed by atoms with Gasteiger partial charge in [-0.25, -0.2) is 4.79 Å². The van der Waals surface area contributed by atoms with E-state index in [4.69, 9.17) is 20.5 Å². The lowest BCUT2D eigenvalue weighted by Gasteiger charge is -2.12. The fraction of sp³-hybridized carbons (Fsp3) is 0.172. The number of aromatic nitrogens is 2. The first-order valence-electron chi connectivity index (χ1n) is 12.2. The largest absolute Gasteiger partial charge is 0.476 e. The molecule has 202 valence electrons. The number of carboxylic acid groups (broad SMARTS) is 1. The molecule has 0 amide bonds. The van der Waals surface area contributed by atoms with Gasteiger partial charge in [0.05, 0.1) is 0 Å². The molecule has 0 unspecified atom stereocenters. The molecule has 0 fully saturated rings. The summed E-state index contributed by atoms with van der Waals surface area (Å²) in [6.07, 6.45) is 0.884. The van der Waals surface area contributed by atoms with Crippen LogP contribution in [0.15, 0.2) is 107 Å². The summed E-state index contributed by atoms with van der Waals surface area (Å²) in [7, 11) is 0. The van der Waals surface area contributed by atoms with E-state index >= 15 is 0 Å². The second kappa shape index (κ2) is 14.7. The van der Waals surface area contributed by atoms with Crippen molar-refractivity contribution in [3.63, 3.8) is 0 Å². The van der Waals surface area contributed by atoms with Crippen LogP contribution in [0.2, 0.25) is 0 Å². The van der Waals surface area contributed by atoms with Gasteiger partial charge >= 0.3 is 5.97 Å². The number of hydrogen-bond acceptors (Lipinski definition) is 7. The molecule has 0 spiro atoms. The number of hydrogen-bond donors (Lipinski definition) is 2. The molecule has 0 saturated heterocycles. The Labute approximate surface area is 224 Å². The molecule has 39 heavy (non-hydrogen) atoms. The molecule has 0 saturated carbocycles. The van der Waals surface area contributed by atoms with Crippen LogP contribution in [-0.2, 0) is 13.2 Å². The molecule has 2 aromatic heterocycles. The molecule has 10 heteroatoms. The molecule has 0 atom stereocenters. The van der Waals surface area contributed by atoms with Crippen molar-refractivity contribution in [2.24, 2.45) is 5.73 Å². The van der Waals surface area contributed by atoms with Crippen molar-refractivity contribution in [3.8, 4) is 0 Å². The highest BCUT2D eigenvalue weighted by Gasteiger charge is 2.13. The normalized spacial score (nSPS) is 10.2. The zero-order chi connectivity index (χ0) is 28.0. The summed E-state index contributed by atoms with van der Waals surface area (Å²) in [5.74, 6) is -1.35. The molecule has 0 aliphatic rings. The summed E-state index contributed by atoms with van der Waals surface area (Å²) in [5, 5.41) is 8.95. The number of nitrogens with two attached hydrogens (primary N) is 1. The van der Waals surface area contributed by atoms with Crippen molar-refractivity contribution in [1.82, 2.24) is 9.46 Å². The standard InChI is InChI=1S/C16H18N2O3.C13H11NO4/c17-11-5-9-15(19)14-8-4-10-16(20)18(14)21-12-13-6-2-1-3-7-13;15-12-8-4-7-11(13(16)17)14(12)18-9-10-5-2-1-3-6-10/h1-4,6-8,10H,5,9,11-12,17H2;1-8H,9H2,(H,16,17). The Morgan fingerprint density at radius 3 is 1.59 bits per heavy atom. The van der Waals surface area contributed by atoms with Gasteiger partial charge in [0.2, 0.25) is 0 Å². The molecule has 2 aromatic carbocycles. The Balaban J connectivity index is 0.000000218. The Hall–Kier alpha value is -4.96. The van der Waals surface area contributed by atoms with E-state index in [9.17, 15) is 19.2 Å². The quantitative estimate of drug-likeness (QED) is 0.281. The van der Waals surface area contributed by atoms with Crippen molar-refractivity contribution in [1.29, 1.82) is 0 Å². The molecule has 0 bridgehead atoms. The molecule has 4 rings (SSSR count). The fourth-order valence-corrected chi connectivity index (χ4v) is 3.40. The SMILES string of the molecule is NCCCC(=O)c1cccc(=O)n1OCc1ccccc1.O=C(O)c1cccc(=O)n1OCc1ccccc1. The fourth-order valence-electron chi connectivity index (χ4n) is 3.40. The number of rotatable bonds is 11. The maximum Gasteiger partial charge on any atom is 0.356 e. The molecule has 0 aliphatic carbocycles. The third kappa shape index (κ3) is 8.54. The van der Waals surface area contributed by atoms with Gasteiger partial charge in [0, 0.05) is 18.6 Å². The van der Waals surface area contributed by atoms with Gasteiger partial charge < -0.3 is 20.5 Å². The first kappa shape index (κ1) is 28.6. The van der Waals surface area contributed by atoms with Gasteiger partial charge in [-0.05, 0) is 36.2 Å². The van der Waals surface area contributed by atoms with Crippen molar-refractivity contribution in [2.75, 3.05) is 6.54 Å². The molecule has 10 nitrogen and oxygen atoms in total. The van der Waals surface area contributed by atoms with Crippen LogP contribution in [-0.4, -0.2) is 32.9 Å². The monoisotopic (exact) mass is 531 g/mol. The Morgan fingerprint density at radius 1 is 0.667 bits per heavy atom. The summed E-state index contributed by atoms with van der Waals surface area (Å²) >= 11 is 0. The molecular weight excluding hydrogens is 502 g/mol. The predicted molar refractivity (Wildman–Crippen MR) is 144 cm³/mol. The average molecular weight is 532 g/mol. The molecule has 0 aliphatic heterocycles. The minimum absolute atomic E-state index is 0.130. The average Bonchev–Trinajstić information content (AvgIpc) is 2.95. The van der Waals surface area contributed by atoms with Gasteiger partial charge in [-0.2, -0.15) is 0 Å². The summed E-state index contributed by atoms with van der Waals surface area (Å²) < 4.78 is 1.85. The minimum Gasteiger partial charge on any atom is -0.476 e. The third-order valence-corrected chi connectivity index (χ3v) is 5.34. The smallest absolute Gasteiger partial charge is 0.356 e. The van der Waals surface area contributed by atoms with E-state index in [-0.39, 0.29) is 35.9 Å². The van der Waals surface area contributed by atoms with Gasteiger partial charge in [-0.1, -0.05) is 72.8 Å². The van der Waals surface area contributed by atoms with Crippen LogP contribution < -0.4 is 26.5 Å². The lowest BCUT2D eigenvalue weighted by molar-refractivity contribution is 0.0536. The molecule has 3 N–H and O–H groups in total. The highest BCUT2D eigenvalue weighted by Crippen LogP contribution is 2.05. The number of aromatic carboxylic acids is 1. The second-order valence-electron chi connectivity index (χ2n) is 8.23. The number of carbonyl (C=O) groups excluding carboxylic acids is 1. The van der Waals surface area contributed by atoms with E-state index in [0.29, 0.717) is 19.4 Å². The number of carbonyl (C=O) groups is 2. The van der Waals surface area contributed by atoms with E-state index in [1.54, 1.807) is 12.1 Å². The Morgan fingerprint density at radius 2 is 1.13 bits per heavy atom. The first-order chi connectivity index (χ1) is 18.9. The number of benzene rings is 2. The van der Waals surface area contributed by atoms with Crippen LogP contribution >= 0.6 is 0 Å². The van der Waals surface area contributed by atoms with Crippen LogP contribution in [0.4, 0.5) is 0 Å². The van der Waals surface area contributed by atoms with Crippen molar-refractivity contribution in [3.05, 3.63) is 140 Å². The van der Waals surface area contributed by atoms with Gasteiger partial charge in [0.15, 0.2) is 11.5 Å². The Bertz CT molecular complexity index is 1480. The molecule has 4 aromatic rings. The number of nitrogens with zero attached hydrogens (tertiary/aromatic N) is 2. The summed E-state index contributed by atoms with van der Waals surface area (Å²) in [5.41, 5.74) is 6.38. The molecule has 2 heterocycles. The molecule has 0 radical (unpaired) electrons. The number of Topliss-reactive ketones (excluding diaryl/α,β-unsaturated/α-hetero) is 1. The van der Waals surface area contributed by atoms with Gasteiger partial charge in [0.1, 0.15) is 18.9 Å². The van der Waals surface area contributed by atoms with Crippen LogP contribution in [0.5, 0.6) is 0 Å².